The molecule has 4 nitrogen and oxygen atoms in total. The van der Waals surface area contributed by atoms with Crippen molar-refractivity contribution in [3.05, 3.63) is 29.3 Å². The van der Waals surface area contributed by atoms with E-state index in [2.05, 4.69) is 5.32 Å². The molecule has 0 saturated heterocycles. The molecule has 0 aromatic heterocycles. The van der Waals surface area contributed by atoms with E-state index in [0.717, 1.165) is 16.9 Å². The Morgan fingerprint density at radius 3 is 2.82 bits per heavy atom. The first kappa shape index (κ1) is 13.5. The fourth-order valence-corrected chi connectivity index (χ4v) is 1.46. The highest BCUT2D eigenvalue weighted by Crippen LogP contribution is 2.19. The summed E-state index contributed by atoms with van der Waals surface area (Å²) in [7, 11) is 1.63. The maximum Gasteiger partial charge on any atom is 0.224 e. The minimum atomic E-state index is -0.161. The van der Waals surface area contributed by atoms with Crippen molar-refractivity contribution in [1.29, 1.82) is 0 Å². The highest BCUT2D eigenvalue weighted by Gasteiger charge is 2.11. The largest absolute Gasteiger partial charge is 0.496 e. The third kappa shape index (κ3) is 3.75. The van der Waals surface area contributed by atoms with Crippen molar-refractivity contribution < 1.29 is 9.53 Å². The van der Waals surface area contributed by atoms with Gasteiger partial charge in [-0.25, -0.2) is 0 Å². The number of hydrogen-bond acceptors (Lipinski definition) is 3. The number of carbonyl (C=O) groups excluding carboxylic acids is 1. The van der Waals surface area contributed by atoms with Crippen LogP contribution in [0.5, 0.6) is 5.75 Å². The van der Waals surface area contributed by atoms with E-state index < -0.39 is 0 Å². The highest BCUT2D eigenvalue weighted by molar-refractivity contribution is 5.78. The first-order chi connectivity index (χ1) is 8.08. The molecule has 17 heavy (non-hydrogen) atoms. The Kier molecular flexibility index (Phi) is 4.97. The molecule has 0 aliphatic carbocycles. The number of carbonyl (C=O) groups is 1. The minimum Gasteiger partial charge on any atom is -0.496 e. The summed E-state index contributed by atoms with van der Waals surface area (Å²) in [4.78, 5) is 11.6. The van der Waals surface area contributed by atoms with Crippen LogP contribution in [0.1, 0.15) is 18.1 Å². The van der Waals surface area contributed by atoms with E-state index in [1.165, 1.54) is 0 Å². The van der Waals surface area contributed by atoms with Gasteiger partial charge in [-0.15, -0.1) is 0 Å². The number of rotatable bonds is 5. The van der Waals surface area contributed by atoms with Crippen molar-refractivity contribution in [1.82, 2.24) is 5.32 Å². The Balaban J connectivity index is 2.66. The third-order valence-electron chi connectivity index (χ3n) is 2.70. The second-order valence-electron chi connectivity index (χ2n) is 4.17. The van der Waals surface area contributed by atoms with Gasteiger partial charge in [0, 0.05) is 24.6 Å². The average Bonchev–Trinajstić information content (AvgIpc) is 2.35. The zero-order valence-corrected chi connectivity index (χ0v) is 10.6. The predicted octanol–water partition coefficient (Wildman–Crippen LogP) is 1.21. The summed E-state index contributed by atoms with van der Waals surface area (Å²) in [5.74, 6) is 0.604. The van der Waals surface area contributed by atoms with Crippen molar-refractivity contribution in [2.45, 2.75) is 20.4 Å². The monoisotopic (exact) mass is 236 g/mol. The molecule has 0 heterocycles. The molecule has 1 atom stereocenters. The molecule has 0 radical (unpaired) electrons. The number of nitrogens with two attached hydrogens (primary N) is 1. The lowest BCUT2D eigenvalue weighted by Gasteiger charge is -2.12. The molecule has 0 aliphatic rings. The van der Waals surface area contributed by atoms with Crippen molar-refractivity contribution in [2.24, 2.45) is 11.7 Å². The Morgan fingerprint density at radius 1 is 1.53 bits per heavy atom. The maximum atomic E-state index is 11.6. The Bertz CT molecular complexity index is 391. The summed E-state index contributed by atoms with van der Waals surface area (Å²) in [6, 6.07) is 5.91. The van der Waals surface area contributed by atoms with Gasteiger partial charge in [0.1, 0.15) is 5.75 Å². The molecule has 1 amide bonds. The molecule has 1 aromatic carbocycles. The van der Waals surface area contributed by atoms with Gasteiger partial charge in [-0.05, 0) is 18.6 Å². The molecule has 0 spiro atoms. The number of ether oxygens (including phenoxy) is 1. The van der Waals surface area contributed by atoms with Crippen LogP contribution in [0.4, 0.5) is 0 Å². The second kappa shape index (κ2) is 6.25. The van der Waals surface area contributed by atoms with Gasteiger partial charge < -0.3 is 15.8 Å². The number of methoxy groups -OCH3 is 1. The molecule has 1 unspecified atom stereocenters. The summed E-state index contributed by atoms with van der Waals surface area (Å²) in [5.41, 5.74) is 7.53. The lowest BCUT2D eigenvalue weighted by Crippen LogP contribution is -2.32. The zero-order valence-electron chi connectivity index (χ0n) is 10.6. The smallest absolute Gasteiger partial charge is 0.224 e. The van der Waals surface area contributed by atoms with Gasteiger partial charge in [0.2, 0.25) is 5.91 Å². The summed E-state index contributed by atoms with van der Waals surface area (Å²) >= 11 is 0. The molecule has 0 aliphatic heterocycles. The summed E-state index contributed by atoms with van der Waals surface area (Å²) in [6.45, 7) is 4.63. The highest BCUT2D eigenvalue weighted by atomic mass is 16.5. The van der Waals surface area contributed by atoms with E-state index in [-0.39, 0.29) is 11.8 Å². The van der Waals surface area contributed by atoms with Crippen LogP contribution < -0.4 is 15.8 Å². The van der Waals surface area contributed by atoms with Gasteiger partial charge in [-0.3, -0.25) is 4.79 Å². The normalized spacial score (nSPS) is 12.0. The van der Waals surface area contributed by atoms with E-state index in [0.29, 0.717) is 13.1 Å². The van der Waals surface area contributed by atoms with Crippen molar-refractivity contribution in [3.8, 4) is 5.75 Å². The Morgan fingerprint density at radius 2 is 2.24 bits per heavy atom. The third-order valence-corrected chi connectivity index (χ3v) is 2.70. The first-order valence-corrected chi connectivity index (χ1v) is 5.69. The van der Waals surface area contributed by atoms with Gasteiger partial charge >= 0.3 is 0 Å². The molecule has 1 rings (SSSR count). The molecule has 3 N–H and O–H groups in total. The van der Waals surface area contributed by atoms with E-state index >= 15 is 0 Å². The standard InChI is InChI=1S/C13H20N2O2/c1-9-4-5-11(12(6-9)17-3)8-15-13(16)10(2)7-14/h4-6,10H,7-8,14H2,1-3H3,(H,15,16). The van der Waals surface area contributed by atoms with Crippen LogP contribution in [-0.4, -0.2) is 19.6 Å². The first-order valence-electron chi connectivity index (χ1n) is 5.69. The predicted molar refractivity (Wildman–Crippen MR) is 67.8 cm³/mol. The van der Waals surface area contributed by atoms with Crippen LogP contribution in [0, 0.1) is 12.8 Å². The minimum absolute atomic E-state index is 0.0323. The maximum absolute atomic E-state index is 11.6. The van der Waals surface area contributed by atoms with Crippen LogP contribution in [-0.2, 0) is 11.3 Å². The lowest BCUT2D eigenvalue weighted by molar-refractivity contribution is -0.124. The van der Waals surface area contributed by atoms with Gasteiger partial charge in [-0.2, -0.15) is 0 Å². The fourth-order valence-electron chi connectivity index (χ4n) is 1.46. The quantitative estimate of drug-likeness (QED) is 0.807. The van der Waals surface area contributed by atoms with E-state index in [1.807, 2.05) is 32.0 Å². The number of nitrogens with one attached hydrogen (secondary N) is 1. The van der Waals surface area contributed by atoms with Crippen LogP contribution in [0.25, 0.3) is 0 Å². The van der Waals surface area contributed by atoms with Gasteiger partial charge in [0.05, 0.1) is 7.11 Å². The van der Waals surface area contributed by atoms with Crippen molar-refractivity contribution in [3.63, 3.8) is 0 Å². The van der Waals surface area contributed by atoms with Crippen LogP contribution in [0.2, 0.25) is 0 Å². The molecule has 0 fully saturated rings. The SMILES string of the molecule is COc1cc(C)ccc1CNC(=O)C(C)CN. The lowest BCUT2D eigenvalue weighted by atomic mass is 10.1. The van der Waals surface area contributed by atoms with E-state index in [1.54, 1.807) is 7.11 Å². The van der Waals surface area contributed by atoms with Crippen LogP contribution >= 0.6 is 0 Å². The molecular formula is C13H20N2O2. The molecular weight excluding hydrogens is 216 g/mol. The van der Waals surface area contributed by atoms with Gasteiger partial charge in [0.25, 0.3) is 0 Å². The Hall–Kier alpha value is -1.55. The number of benzene rings is 1. The summed E-state index contributed by atoms with van der Waals surface area (Å²) < 4.78 is 5.27. The molecule has 0 bridgehead atoms. The van der Waals surface area contributed by atoms with Crippen LogP contribution in [0.3, 0.4) is 0 Å². The van der Waals surface area contributed by atoms with Crippen molar-refractivity contribution in [2.75, 3.05) is 13.7 Å². The summed E-state index contributed by atoms with van der Waals surface area (Å²) in [5, 5.41) is 2.84. The van der Waals surface area contributed by atoms with E-state index in [4.69, 9.17) is 10.5 Å². The second-order valence-corrected chi connectivity index (χ2v) is 4.17. The number of amides is 1. The average molecular weight is 236 g/mol. The topological polar surface area (TPSA) is 64.3 Å². The van der Waals surface area contributed by atoms with Gasteiger partial charge in [0.15, 0.2) is 0 Å². The fraction of sp³-hybridized carbons (Fsp3) is 0.462. The van der Waals surface area contributed by atoms with E-state index in [9.17, 15) is 4.79 Å². The van der Waals surface area contributed by atoms with Crippen LogP contribution in [0.15, 0.2) is 18.2 Å². The van der Waals surface area contributed by atoms with Gasteiger partial charge in [-0.1, -0.05) is 19.1 Å². The molecule has 1 aromatic rings. The Labute approximate surface area is 102 Å². The molecule has 4 heteroatoms. The number of hydrogen-bond donors (Lipinski definition) is 2. The molecule has 94 valence electrons. The summed E-state index contributed by atoms with van der Waals surface area (Å²) in [6.07, 6.45) is 0. The zero-order chi connectivity index (χ0) is 12.8. The number of aryl methyl sites for hydroxylation is 1. The molecule has 0 saturated carbocycles. The van der Waals surface area contributed by atoms with Crippen molar-refractivity contribution >= 4 is 5.91 Å².